The predicted octanol–water partition coefficient (Wildman–Crippen LogP) is 1.21. The number of oxime groups is 1. The van der Waals surface area contributed by atoms with E-state index in [1.807, 2.05) is 36.3 Å². The third-order valence-electron chi connectivity index (χ3n) is 2.70. The molecule has 6 nitrogen and oxygen atoms in total. The zero-order valence-electron chi connectivity index (χ0n) is 10.6. The second kappa shape index (κ2) is 5.81. The van der Waals surface area contributed by atoms with Crippen LogP contribution >= 0.6 is 0 Å². The Hall–Kier alpha value is -2.63. The van der Waals surface area contributed by atoms with Crippen LogP contribution in [0.25, 0.3) is 0 Å². The second-order valence-corrected chi connectivity index (χ2v) is 4.10. The molecule has 0 aliphatic carbocycles. The number of aromatic nitrogens is 2. The minimum Gasteiger partial charge on any atom is -0.409 e. The highest BCUT2D eigenvalue weighted by molar-refractivity contribution is 5.95. The van der Waals surface area contributed by atoms with Gasteiger partial charge in [0, 0.05) is 37.9 Å². The average Bonchev–Trinajstić information content (AvgIpc) is 2.47. The van der Waals surface area contributed by atoms with Crippen molar-refractivity contribution in [2.24, 2.45) is 10.9 Å². The number of amidine groups is 1. The molecule has 0 aromatic carbocycles. The summed E-state index contributed by atoms with van der Waals surface area (Å²) in [5.74, 6) is -0.00312. The standard InChI is InChI=1S/C13H15N5O/c1-18(9-10-3-2-5-15-8-10)11-4-6-16-12(7-11)13(14)17-19/h2-8,19H,9H2,1H3,(H2,14,17). The number of nitrogens with two attached hydrogens (primary N) is 1. The van der Waals surface area contributed by atoms with Crippen LogP contribution in [0.1, 0.15) is 11.3 Å². The predicted molar refractivity (Wildman–Crippen MR) is 73.1 cm³/mol. The summed E-state index contributed by atoms with van der Waals surface area (Å²) < 4.78 is 0. The first kappa shape index (κ1) is 12.8. The van der Waals surface area contributed by atoms with Crippen molar-refractivity contribution < 1.29 is 5.21 Å². The molecule has 6 heteroatoms. The molecule has 98 valence electrons. The van der Waals surface area contributed by atoms with E-state index in [1.165, 1.54) is 0 Å². The minimum absolute atomic E-state index is 0.00312. The molecule has 2 aromatic heterocycles. The first-order chi connectivity index (χ1) is 9.20. The van der Waals surface area contributed by atoms with E-state index < -0.39 is 0 Å². The van der Waals surface area contributed by atoms with Gasteiger partial charge in [-0.1, -0.05) is 11.2 Å². The molecule has 0 aliphatic heterocycles. The molecule has 0 unspecified atom stereocenters. The van der Waals surface area contributed by atoms with Crippen LogP contribution in [-0.2, 0) is 6.54 Å². The summed E-state index contributed by atoms with van der Waals surface area (Å²) in [4.78, 5) is 10.2. The van der Waals surface area contributed by atoms with Gasteiger partial charge in [-0.2, -0.15) is 0 Å². The third kappa shape index (κ3) is 3.19. The smallest absolute Gasteiger partial charge is 0.188 e. The Kier molecular flexibility index (Phi) is 3.92. The monoisotopic (exact) mass is 257 g/mol. The maximum absolute atomic E-state index is 8.65. The minimum atomic E-state index is -0.00312. The molecule has 0 saturated heterocycles. The Labute approximate surface area is 111 Å². The van der Waals surface area contributed by atoms with Crippen molar-refractivity contribution in [3.8, 4) is 0 Å². The van der Waals surface area contributed by atoms with Gasteiger partial charge < -0.3 is 15.8 Å². The van der Waals surface area contributed by atoms with E-state index in [4.69, 9.17) is 10.9 Å². The van der Waals surface area contributed by atoms with Gasteiger partial charge >= 0.3 is 0 Å². The van der Waals surface area contributed by atoms with Gasteiger partial charge in [-0.3, -0.25) is 9.97 Å². The average molecular weight is 257 g/mol. The van der Waals surface area contributed by atoms with Gasteiger partial charge in [-0.25, -0.2) is 0 Å². The summed E-state index contributed by atoms with van der Waals surface area (Å²) in [6.45, 7) is 0.716. The van der Waals surface area contributed by atoms with Crippen LogP contribution in [0.2, 0.25) is 0 Å². The van der Waals surface area contributed by atoms with Crippen LogP contribution in [0.4, 0.5) is 5.69 Å². The van der Waals surface area contributed by atoms with Crippen molar-refractivity contribution in [2.45, 2.75) is 6.54 Å². The van der Waals surface area contributed by atoms with Crippen molar-refractivity contribution in [3.63, 3.8) is 0 Å². The summed E-state index contributed by atoms with van der Waals surface area (Å²) in [5, 5.41) is 11.6. The molecule has 0 atom stereocenters. The molecule has 0 saturated carbocycles. The Morgan fingerprint density at radius 3 is 2.95 bits per heavy atom. The van der Waals surface area contributed by atoms with Crippen LogP contribution in [-0.4, -0.2) is 28.1 Å². The SMILES string of the molecule is CN(Cc1cccnc1)c1ccnc(C(N)=NO)c1. The Morgan fingerprint density at radius 2 is 2.26 bits per heavy atom. The summed E-state index contributed by atoms with van der Waals surface area (Å²) in [6.07, 6.45) is 5.19. The molecule has 19 heavy (non-hydrogen) atoms. The summed E-state index contributed by atoms with van der Waals surface area (Å²) >= 11 is 0. The zero-order chi connectivity index (χ0) is 13.7. The molecule has 2 rings (SSSR count). The third-order valence-corrected chi connectivity index (χ3v) is 2.70. The molecule has 2 aromatic rings. The number of hydrogen-bond acceptors (Lipinski definition) is 5. The maximum Gasteiger partial charge on any atom is 0.188 e. The van der Waals surface area contributed by atoms with Gasteiger partial charge in [-0.05, 0) is 23.8 Å². The molecule has 0 bridgehead atoms. The van der Waals surface area contributed by atoms with Gasteiger partial charge in [0.1, 0.15) is 5.69 Å². The van der Waals surface area contributed by atoms with Crippen molar-refractivity contribution in [3.05, 3.63) is 54.1 Å². The van der Waals surface area contributed by atoms with E-state index in [2.05, 4.69) is 15.1 Å². The Morgan fingerprint density at radius 1 is 1.42 bits per heavy atom. The molecule has 0 amide bonds. The van der Waals surface area contributed by atoms with Gasteiger partial charge in [0.25, 0.3) is 0 Å². The number of pyridine rings is 2. The lowest BCUT2D eigenvalue weighted by Gasteiger charge is -2.19. The first-order valence-corrected chi connectivity index (χ1v) is 5.74. The lowest BCUT2D eigenvalue weighted by Crippen LogP contribution is -2.19. The number of rotatable bonds is 4. The Balaban J connectivity index is 2.17. The topological polar surface area (TPSA) is 87.6 Å². The van der Waals surface area contributed by atoms with Crippen molar-refractivity contribution in [2.75, 3.05) is 11.9 Å². The fraction of sp³-hybridized carbons (Fsp3) is 0.154. The molecular weight excluding hydrogens is 242 g/mol. The van der Waals surface area contributed by atoms with E-state index in [0.29, 0.717) is 12.2 Å². The highest BCUT2D eigenvalue weighted by Gasteiger charge is 2.06. The fourth-order valence-electron chi connectivity index (χ4n) is 1.70. The van der Waals surface area contributed by atoms with Crippen LogP contribution in [0, 0.1) is 0 Å². The van der Waals surface area contributed by atoms with E-state index in [1.54, 1.807) is 18.5 Å². The van der Waals surface area contributed by atoms with E-state index in [-0.39, 0.29) is 5.84 Å². The van der Waals surface area contributed by atoms with Gasteiger partial charge in [0.05, 0.1) is 0 Å². The second-order valence-electron chi connectivity index (χ2n) is 4.10. The number of hydrogen-bond donors (Lipinski definition) is 2. The van der Waals surface area contributed by atoms with E-state index in [9.17, 15) is 0 Å². The number of nitrogens with zero attached hydrogens (tertiary/aromatic N) is 4. The molecule has 0 spiro atoms. The number of anilines is 1. The lowest BCUT2D eigenvalue weighted by molar-refractivity contribution is 0.318. The van der Waals surface area contributed by atoms with Crippen molar-refractivity contribution >= 4 is 11.5 Å². The van der Waals surface area contributed by atoms with E-state index in [0.717, 1.165) is 11.3 Å². The molecule has 0 fully saturated rings. The van der Waals surface area contributed by atoms with Gasteiger partial charge in [0.2, 0.25) is 0 Å². The zero-order valence-corrected chi connectivity index (χ0v) is 10.6. The summed E-state index contributed by atoms with van der Waals surface area (Å²) in [6, 6.07) is 7.54. The van der Waals surface area contributed by atoms with Crippen LogP contribution in [0.3, 0.4) is 0 Å². The Bertz CT molecular complexity index is 570. The molecular formula is C13H15N5O. The molecule has 3 N–H and O–H groups in total. The fourth-order valence-corrected chi connectivity index (χ4v) is 1.70. The maximum atomic E-state index is 8.65. The first-order valence-electron chi connectivity index (χ1n) is 5.74. The van der Waals surface area contributed by atoms with Crippen molar-refractivity contribution in [1.29, 1.82) is 0 Å². The van der Waals surface area contributed by atoms with Crippen LogP contribution in [0.15, 0.2) is 48.0 Å². The van der Waals surface area contributed by atoms with Gasteiger partial charge in [-0.15, -0.1) is 0 Å². The van der Waals surface area contributed by atoms with Crippen molar-refractivity contribution in [1.82, 2.24) is 9.97 Å². The molecule has 2 heterocycles. The van der Waals surface area contributed by atoms with Crippen LogP contribution < -0.4 is 10.6 Å². The normalized spacial score (nSPS) is 11.3. The quantitative estimate of drug-likeness (QED) is 0.372. The summed E-state index contributed by atoms with van der Waals surface area (Å²) in [5.41, 5.74) is 8.00. The van der Waals surface area contributed by atoms with Crippen LogP contribution in [0.5, 0.6) is 0 Å². The molecule has 0 radical (unpaired) electrons. The largest absolute Gasteiger partial charge is 0.409 e. The van der Waals surface area contributed by atoms with E-state index >= 15 is 0 Å². The summed E-state index contributed by atoms with van der Waals surface area (Å²) in [7, 11) is 1.96. The highest BCUT2D eigenvalue weighted by Crippen LogP contribution is 2.15. The highest BCUT2D eigenvalue weighted by atomic mass is 16.4. The lowest BCUT2D eigenvalue weighted by atomic mass is 10.2. The van der Waals surface area contributed by atoms with Gasteiger partial charge in [0.15, 0.2) is 5.84 Å². The molecule has 0 aliphatic rings.